The van der Waals surface area contributed by atoms with Gasteiger partial charge in [0, 0.05) is 6.20 Å². The van der Waals surface area contributed by atoms with Crippen molar-refractivity contribution >= 4 is 12.1 Å². The normalized spacial score (nSPS) is 30.3. The Kier molecular flexibility index (Phi) is 2.87. The molecule has 1 aromatic rings. The Morgan fingerprint density at radius 3 is 2.78 bits per heavy atom. The number of aliphatic hydroxyl groups is 1. The van der Waals surface area contributed by atoms with Gasteiger partial charge in [-0.3, -0.25) is 4.57 Å². The number of nitrogen functional groups attached to an aromatic ring is 1. The highest BCUT2D eigenvalue weighted by Gasteiger charge is 2.59. The summed E-state index contributed by atoms with van der Waals surface area (Å²) in [5, 5.41) is 9.23. The van der Waals surface area contributed by atoms with Crippen LogP contribution in [0.5, 0.6) is 0 Å². The van der Waals surface area contributed by atoms with E-state index in [0.717, 1.165) is 12.3 Å². The van der Waals surface area contributed by atoms with Crippen LogP contribution in [-0.4, -0.2) is 39.1 Å². The summed E-state index contributed by atoms with van der Waals surface area (Å²) in [6, 6.07) is 1.13. The van der Waals surface area contributed by atoms with Crippen LogP contribution in [0.25, 0.3) is 0 Å². The third-order valence-electron chi connectivity index (χ3n) is 2.56. The van der Waals surface area contributed by atoms with Gasteiger partial charge in [0.2, 0.25) is 6.23 Å². The summed E-state index contributed by atoms with van der Waals surface area (Å²) in [7, 11) is 0. The number of hydrogen-bond acceptors (Lipinski definition) is 6. The van der Waals surface area contributed by atoms with Crippen molar-refractivity contribution in [2.75, 3.05) is 5.73 Å². The second-order valence-corrected chi connectivity index (χ2v) is 3.75. The Hall–Kier alpha value is -1.87. The number of nitrogens with two attached hydrogens (primary N) is 1. The lowest BCUT2D eigenvalue weighted by atomic mass is 10.1. The number of aldehydes is 1. The van der Waals surface area contributed by atoms with Gasteiger partial charge < -0.3 is 20.4 Å². The van der Waals surface area contributed by atoms with Gasteiger partial charge in [0.1, 0.15) is 11.9 Å². The molecule has 1 fully saturated rings. The van der Waals surface area contributed by atoms with Crippen LogP contribution < -0.4 is 11.4 Å². The molecule has 0 radical (unpaired) electrons. The van der Waals surface area contributed by atoms with Crippen molar-refractivity contribution in [3.8, 4) is 0 Å². The summed E-state index contributed by atoms with van der Waals surface area (Å²) in [6.45, 7) is 0. The van der Waals surface area contributed by atoms with Gasteiger partial charge >= 0.3 is 11.6 Å². The Labute approximate surface area is 98.8 Å². The number of carbonyl (C=O) groups excluding carboxylic acids is 1. The smallest absolute Gasteiger partial charge is 0.351 e. The molecule has 0 amide bonds. The molecule has 9 heteroatoms. The van der Waals surface area contributed by atoms with Gasteiger partial charge in [0.25, 0.3) is 0 Å². The highest BCUT2D eigenvalue weighted by molar-refractivity contribution is 5.58. The molecule has 0 unspecified atom stereocenters. The molecule has 18 heavy (non-hydrogen) atoms. The molecular formula is C9H9F2N3O4. The summed E-state index contributed by atoms with van der Waals surface area (Å²) >= 11 is 0. The van der Waals surface area contributed by atoms with Crippen LogP contribution in [-0.2, 0) is 9.53 Å². The van der Waals surface area contributed by atoms with Gasteiger partial charge in [-0.05, 0) is 6.07 Å². The van der Waals surface area contributed by atoms with Crippen molar-refractivity contribution in [1.82, 2.24) is 9.55 Å². The minimum atomic E-state index is -3.78. The number of aromatic nitrogens is 2. The van der Waals surface area contributed by atoms with Gasteiger partial charge in [0.05, 0.1) is 0 Å². The average molecular weight is 261 g/mol. The van der Waals surface area contributed by atoms with E-state index < -0.39 is 30.0 Å². The molecule has 2 rings (SSSR count). The summed E-state index contributed by atoms with van der Waals surface area (Å²) < 4.78 is 32.4. The highest BCUT2D eigenvalue weighted by Crippen LogP contribution is 2.41. The van der Waals surface area contributed by atoms with Crippen molar-refractivity contribution in [1.29, 1.82) is 0 Å². The van der Waals surface area contributed by atoms with E-state index in [0.29, 0.717) is 4.57 Å². The molecule has 0 spiro atoms. The molecule has 0 aliphatic carbocycles. The Morgan fingerprint density at radius 2 is 2.28 bits per heavy atom. The number of rotatable bonds is 2. The maximum Gasteiger partial charge on any atom is 0.351 e. The quantitative estimate of drug-likeness (QED) is 0.655. The summed E-state index contributed by atoms with van der Waals surface area (Å²) in [5.41, 5.74) is 4.16. The van der Waals surface area contributed by atoms with E-state index in [1.165, 1.54) is 0 Å². The third kappa shape index (κ3) is 1.77. The summed E-state index contributed by atoms with van der Waals surface area (Å²) in [5.74, 6) is -3.92. The molecule has 1 aliphatic rings. The Morgan fingerprint density at radius 1 is 1.61 bits per heavy atom. The fraction of sp³-hybridized carbons (Fsp3) is 0.444. The molecule has 0 saturated carbocycles. The van der Waals surface area contributed by atoms with E-state index in [1.54, 1.807) is 0 Å². The lowest BCUT2D eigenvalue weighted by molar-refractivity contribution is -0.141. The molecule has 3 N–H and O–H groups in total. The van der Waals surface area contributed by atoms with Crippen LogP contribution >= 0.6 is 0 Å². The zero-order valence-corrected chi connectivity index (χ0v) is 8.86. The van der Waals surface area contributed by atoms with Crippen molar-refractivity contribution in [3.63, 3.8) is 0 Å². The van der Waals surface area contributed by atoms with Crippen molar-refractivity contribution < 1.29 is 23.4 Å². The van der Waals surface area contributed by atoms with Gasteiger partial charge in [0.15, 0.2) is 12.4 Å². The van der Waals surface area contributed by atoms with Gasteiger partial charge in [-0.25, -0.2) is 4.79 Å². The molecule has 0 aromatic carbocycles. The molecule has 1 saturated heterocycles. The van der Waals surface area contributed by atoms with Crippen LogP contribution in [0.2, 0.25) is 0 Å². The first-order valence-electron chi connectivity index (χ1n) is 4.89. The minimum Gasteiger partial charge on any atom is -0.383 e. The van der Waals surface area contributed by atoms with E-state index in [2.05, 4.69) is 9.72 Å². The van der Waals surface area contributed by atoms with Crippen molar-refractivity contribution in [2.24, 2.45) is 0 Å². The SMILES string of the molecule is Nc1ccn([C@@H]2O[C@H](C=O)[C@@H](O)C2(F)F)c(=O)n1. The minimum absolute atomic E-state index is 0.0499. The summed E-state index contributed by atoms with van der Waals surface area (Å²) in [4.78, 5) is 25.1. The van der Waals surface area contributed by atoms with E-state index in [1.807, 2.05) is 0 Å². The first-order valence-corrected chi connectivity index (χ1v) is 4.89. The van der Waals surface area contributed by atoms with Gasteiger partial charge in [-0.1, -0.05) is 0 Å². The van der Waals surface area contributed by atoms with Gasteiger partial charge in [-0.2, -0.15) is 13.8 Å². The number of anilines is 1. The number of nitrogens with zero attached hydrogens (tertiary/aromatic N) is 2. The molecule has 1 aromatic heterocycles. The first kappa shape index (κ1) is 12.6. The predicted molar refractivity (Wildman–Crippen MR) is 53.8 cm³/mol. The molecule has 0 bridgehead atoms. The molecule has 7 nitrogen and oxygen atoms in total. The monoisotopic (exact) mass is 261 g/mol. The number of carbonyl (C=O) groups is 1. The molecular weight excluding hydrogens is 252 g/mol. The Bertz CT molecular complexity index is 533. The van der Waals surface area contributed by atoms with Gasteiger partial charge in [-0.15, -0.1) is 0 Å². The number of alkyl halides is 2. The lowest BCUT2D eigenvalue weighted by Gasteiger charge is -2.20. The highest BCUT2D eigenvalue weighted by atomic mass is 19.3. The average Bonchev–Trinajstić information content (AvgIpc) is 2.52. The van der Waals surface area contributed by atoms with Crippen molar-refractivity contribution in [3.05, 3.63) is 22.7 Å². The topological polar surface area (TPSA) is 107 Å². The van der Waals surface area contributed by atoms with Crippen LogP contribution in [0, 0.1) is 0 Å². The van der Waals surface area contributed by atoms with Crippen molar-refractivity contribution in [2.45, 2.75) is 24.4 Å². The maximum absolute atomic E-state index is 13.7. The molecule has 98 valence electrons. The predicted octanol–water partition coefficient (Wildman–Crippen LogP) is -1.08. The number of aliphatic hydroxyl groups excluding tert-OH is 1. The standard InChI is InChI=1S/C9H9F2N3O4/c10-9(11)6(16)4(3-15)18-7(9)14-2-1-5(12)13-8(14)17/h1-4,6-7,16H,(H2,12,13,17)/t4-,6-,7-/m1/s1. The van der Waals surface area contributed by atoms with E-state index in [-0.39, 0.29) is 12.1 Å². The first-order chi connectivity index (χ1) is 8.37. The number of ether oxygens (including phenoxy) is 1. The van der Waals surface area contributed by atoms with E-state index >= 15 is 0 Å². The number of halogens is 2. The second kappa shape index (κ2) is 4.10. The second-order valence-electron chi connectivity index (χ2n) is 3.75. The molecule has 2 heterocycles. The molecule has 3 atom stereocenters. The zero-order valence-electron chi connectivity index (χ0n) is 8.86. The molecule has 1 aliphatic heterocycles. The largest absolute Gasteiger partial charge is 0.383 e. The lowest BCUT2D eigenvalue weighted by Crippen LogP contribution is -2.41. The van der Waals surface area contributed by atoms with Crippen LogP contribution in [0.4, 0.5) is 14.6 Å². The van der Waals surface area contributed by atoms with Crippen LogP contribution in [0.15, 0.2) is 17.1 Å². The summed E-state index contributed by atoms with van der Waals surface area (Å²) in [6.07, 6.45) is -5.10. The fourth-order valence-corrected chi connectivity index (χ4v) is 1.64. The Balaban J connectivity index is 2.45. The van der Waals surface area contributed by atoms with E-state index in [9.17, 15) is 23.5 Å². The third-order valence-corrected chi connectivity index (χ3v) is 2.56. The van der Waals surface area contributed by atoms with E-state index in [4.69, 9.17) is 5.73 Å². The van der Waals surface area contributed by atoms with Crippen LogP contribution in [0.3, 0.4) is 0 Å². The zero-order chi connectivity index (χ0) is 13.5. The maximum atomic E-state index is 13.7. The fourth-order valence-electron chi connectivity index (χ4n) is 1.64. The van der Waals surface area contributed by atoms with Crippen LogP contribution in [0.1, 0.15) is 6.23 Å². The number of hydrogen-bond donors (Lipinski definition) is 2.